The van der Waals surface area contributed by atoms with Crippen LogP contribution in [-0.2, 0) is 12.8 Å². The molecule has 0 aliphatic heterocycles. The van der Waals surface area contributed by atoms with E-state index in [2.05, 4.69) is 57.7 Å². The van der Waals surface area contributed by atoms with Gasteiger partial charge in [0.25, 0.3) is 0 Å². The van der Waals surface area contributed by atoms with E-state index in [9.17, 15) is 0 Å². The van der Waals surface area contributed by atoms with E-state index in [1.54, 1.807) is 0 Å². The predicted octanol–water partition coefficient (Wildman–Crippen LogP) is 5.39. The molecular formula is C19H20. The topological polar surface area (TPSA) is 0 Å². The van der Waals surface area contributed by atoms with Crippen LogP contribution in [-0.4, -0.2) is 0 Å². The molecule has 2 aromatic carbocycles. The van der Waals surface area contributed by atoms with Crippen LogP contribution in [0.25, 0.3) is 21.9 Å². The maximum Gasteiger partial charge on any atom is -0.00237 e. The Bertz CT molecular complexity index is 714. The highest BCUT2D eigenvalue weighted by atomic mass is 14.3. The molecule has 0 amide bonds. The number of rotatable bonds is 2. The van der Waals surface area contributed by atoms with Crippen molar-refractivity contribution in [3.05, 3.63) is 59.2 Å². The van der Waals surface area contributed by atoms with Gasteiger partial charge in [0.15, 0.2) is 0 Å². The Hall–Kier alpha value is -1.82. The van der Waals surface area contributed by atoms with E-state index in [1.807, 2.05) is 0 Å². The maximum atomic E-state index is 4.36. The highest BCUT2D eigenvalue weighted by Crippen LogP contribution is 2.47. The fourth-order valence-electron chi connectivity index (χ4n) is 3.46. The highest BCUT2D eigenvalue weighted by molar-refractivity contribution is 6.22. The van der Waals surface area contributed by atoms with Crippen molar-refractivity contribution < 1.29 is 0 Å². The van der Waals surface area contributed by atoms with E-state index in [0.717, 1.165) is 12.8 Å². The minimum Gasteiger partial charge on any atom is -0.0905 e. The van der Waals surface area contributed by atoms with Gasteiger partial charge in [0, 0.05) is 0 Å². The van der Waals surface area contributed by atoms with Crippen molar-refractivity contribution in [2.75, 3.05) is 0 Å². The summed E-state index contributed by atoms with van der Waals surface area (Å²) in [5, 5.41) is 2.77. The van der Waals surface area contributed by atoms with Gasteiger partial charge in [-0.1, -0.05) is 50.8 Å². The molecule has 0 saturated carbocycles. The van der Waals surface area contributed by atoms with Crippen LogP contribution < -0.4 is 0 Å². The highest BCUT2D eigenvalue weighted by Gasteiger charge is 2.25. The molecule has 0 aromatic heterocycles. The van der Waals surface area contributed by atoms with Gasteiger partial charge in [0.05, 0.1) is 0 Å². The van der Waals surface area contributed by atoms with Crippen LogP contribution in [0.4, 0.5) is 0 Å². The quantitative estimate of drug-likeness (QED) is 0.668. The van der Waals surface area contributed by atoms with Crippen molar-refractivity contribution in [3.8, 4) is 0 Å². The van der Waals surface area contributed by atoms with E-state index < -0.39 is 0 Å². The largest absolute Gasteiger partial charge is 0.0905 e. The first-order valence-electron chi connectivity index (χ1n) is 7.16. The van der Waals surface area contributed by atoms with Crippen molar-refractivity contribution in [3.63, 3.8) is 0 Å². The second-order valence-corrected chi connectivity index (χ2v) is 5.18. The van der Waals surface area contributed by atoms with Gasteiger partial charge in [-0.3, -0.25) is 0 Å². The van der Waals surface area contributed by atoms with Gasteiger partial charge < -0.3 is 0 Å². The fraction of sp³-hybridized carbons (Fsp3) is 0.263. The molecule has 0 fully saturated rings. The number of hydrogen-bond donors (Lipinski definition) is 0. The Kier molecular flexibility index (Phi) is 2.82. The molecule has 0 radical (unpaired) electrons. The summed E-state index contributed by atoms with van der Waals surface area (Å²) < 4.78 is 0. The molecule has 0 heteroatoms. The molecule has 3 rings (SSSR count). The monoisotopic (exact) mass is 248 g/mol. The molecule has 0 saturated heterocycles. The van der Waals surface area contributed by atoms with E-state index in [1.165, 1.54) is 44.2 Å². The molecule has 0 heterocycles. The third-order valence-electron chi connectivity index (χ3n) is 4.31. The van der Waals surface area contributed by atoms with Crippen molar-refractivity contribution in [1.82, 2.24) is 0 Å². The lowest BCUT2D eigenvalue weighted by Crippen LogP contribution is -1.96. The van der Waals surface area contributed by atoms with E-state index in [0.29, 0.717) is 0 Å². The van der Waals surface area contributed by atoms with Crippen LogP contribution in [0.3, 0.4) is 0 Å². The van der Waals surface area contributed by atoms with E-state index in [-0.39, 0.29) is 0 Å². The first-order valence-corrected chi connectivity index (χ1v) is 7.16. The van der Waals surface area contributed by atoms with Gasteiger partial charge in [0.2, 0.25) is 0 Å². The summed E-state index contributed by atoms with van der Waals surface area (Å²) >= 11 is 0. The Morgan fingerprint density at radius 2 is 1.95 bits per heavy atom. The van der Waals surface area contributed by atoms with Gasteiger partial charge in [0.1, 0.15) is 0 Å². The van der Waals surface area contributed by atoms with Crippen LogP contribution in [0.15, 0.2) is 36.9 Å². The minimum absolute atomic E-state index is 1.08. The molecule has 96 valence electrons. The zero-order chi connectivity index (χ0) is 13.6. The Balaban J connectivity index is 2.52. The van der Waals surface area contributed by atoms with Crippen molar-refractivity contribution in [2.24, 2.45) is 0 Å². The average Bonchev–Trinajstić information content (AvgIpc) is 2.73. The van der Waals surface area contributed by atoms with Gasteiger partial charge in [-0.25, -0.2) is 0 Å². The zero-order valence-electron chi connectivity index (χ0n) is 12.0. The van der Waals surface area contributed by atoms with E-state index in [4.69, 9.17) is 0 Å². The van der Waals surface area contributed by atoms with E-state index >= 15 is 0 Å². The molecule has 1 aliphatic carbocycles. The Labute approximate surface area is 115 Å². The summed E-state index contributed by atoms with van der Waals surface area (Å²) in [6, 6.07) is 8.98. The Morgan fingerprint density at radius 3 is 2.58 bits per heavy atom. The second kappa shape index (κ2) is 4.38. The molecule has 0 bridgehead atoms. The molecule has 2 aromatic rings. The molecule has 1 aliphatic rings. The lowest BCUT2D eigenvalue weighted by molar-refractivity contribution is 1.04. The standard InChI is InChI=1S/C19H20/c1-5-13-11-14-9-8-10-17-15(6-2)12(4)18(19(14)17)16(13)7-3/h6,8-11H,4-5,7H2,1-3H3/b15-6+. The third-order valence-corrected chi connectivity index (χ3v) is 4.31. The molecule has 0 atom stereocenters. The first kappa shape index (κ1) is 12.2. The van der Waals surface area contributed by atoms with Gasteiger partial charge >= 0.3 is 0 Å². The van der Waals surface area contributed by atoms with Crippen molar-refractivity contribution >= 4 is 21.9 Å². The summed E-state index contributed by atoms with van der Waals surface area (Å²) in [7, 11) is 0. The second-order valence-electron chi connectivity index (χ2n) is 5.18. The number of benzene rings is 2. The number of hydrogen-bond acceptors (Lipinski definition) is 0. The Morgan fingerprint density at radius 1 is 1.16 bits per heavy atom. The SMILES string of the molecule is C=C1/C(=C\C)c2cccc3cc(CC)c(CC)c1c23. The summed E-state index contributed by atoms with van der Waals surface area (Å²) in [6.45, 7) is 11.0. The average molecular weight is 248 g/mol. The zero-order valence-corrected chi connectivity index (χ0v) is 12.0. The summed E-state index contributed by atoms with van der Waals surface area (Å²) in [5.41, 5.74) is 8.24. The van der Waals surface area contributed by atoms with Crippen LogP contribution in [0.5, 0.6) is 0 Å². The van der Waals surface area contributed by atoms with Crippen LogP contribution in [0, 0.1) is 0 Å². The molecule has 0 N–H and O–H groups in total. The minimum atomic E-state index is 1.08. The van der Waals surface area contributed by atoms with Gasteiger partial charge in [-0.05, 0) is 63.9 Å². The van der Waals surface area contributed by atoms with Crippen LogP contribution in [0.2, 0.25) is 0 Å². The molecule has 0 unspecified atom stereocenters. The van der Waals surface area contributed by atoms with Crippen LogP contribution >= 0.6 is 0 Å². The third kappa shape index (κ3) is 1.53. The van der Waals surface area contributed by atoms with Crippen molar-refractivity contribution in [1.29, 1.82) is 0 Å². The predicted molar refractivity (Wildman–Crippen MR) is 85.4 cm³/mol. The molecular weight excluding hydrogens is 228 g/mol. The normalized spacial score (nSPS) is 15.7. The van der Waals surface area contributed by atoms with Crippen LogP contribution in [0.1, 0.15) is 43.0 Å². The lowest BCUT2D eigenvalue weighted by Gasteiger charge is -2.13. The molecule has 0 nitrogen and oxygen atoms in total. The fourth-order valence-corrected chi connectivity index (χ4v) is 3.46. The first-order chi connectivity index (χ1) is 9.22. The van der Waals surface area contributed by atoms with Crippen molar-refractivity contribution in [2.45, 2.75) is 33.6 Å². The molecule has 0 spiro atoms. The molecule has 19 heavy (non-hydrogen) atoms. The number of aryl methyl sites for hydroxylation is 1. The number of allylic oxidation sites excluding steroid dienone is 3. The van der Waals surface area contributed by atoms with Gasteiger partial charge in [-0.2, -0.15) is 0 Å². The van der Waals surface area contributed by atoms with Gasteiger partial charge in [-0.15, -0.1) is 0 Å². The summed E-state index contributed by atoms with van der Waals surface area (Å²) in [5.74, 6) is 0. The maximum absolute atomic E-state index is 4.36. The summed E-state index contributed by atoms with van der Waals surface area (Å²) in [4.78, 5) is 0. The smallest absolute Gasteiger partial charge is 0.00237 e. The lowest BCUT2D eigenvalue weighted by atomic mass is 9.91. The summed E-state index contributed by atoms with van der Waals surface area (Å²) in [6.07, 6.45) is 4.37.